The monoisotopic (exact) mass is 450 g/mol. The van der Waals surface area contributed by atoms with Gasteiger partial charge in [0, 0.05) is 17.5 Å². The Morgan fingerprint density at radius 3 is 2.61 bits per heavy atom. The molecule has 0 aromatic carbocycles. The maximum Gasteiger partial charge on any atom is 0.407 e. The molecule has 1 aromatic rings. The first-order valence-electron chi connectivity index (χ1n) is 11.1. The van der Waals surface area contributed by atoms with Gasteiger partial charge in [-0.1, -0.05) is 6.42 Å². The Morgan fingerprint density at radius 1 is 1.16 bits per heavy atom. The largest absolute Gasteiger partial charge is 0.444 e. The van der Waals surface area contributed by atoms with Crippen LogP contribution in [0.25, 0.3) is 0 Å². The standard InChI is InChI=1S/C22H34N4O4S/c1-22(2,3)30-21(29)24-12-14-8-6-7-11-26(14)13-17(27)25-20-18(19(23)28)15-9-4-5-10-16(15)31-20/h14H,4-13H2,1-3H3,(H2,23,28)(H,24,29)(H,25,27). The minimum Gasteiger partial charge on any atom is -0.444 e. The highest BCUT2D eigenvalue weighted by Gasteiger charge is 2.28. The van der Waals surface area contributed by atoms with Crippen LogP contribution in [0.2, 0.25) is 0 Å². The number of piperidine rings is 1. The van der Waals surface area contributed by atoms with Gasteiger partial charge >= 0.3 is 6.09 Å². The number of rotatable bonds is 6. The molecule has 1 aliphatic carbocycles. The van der Waals surface area contributed by atoms with E-state index < -0.39 is 17.6 Å². The molecule has 1 unspecified atom stereocenters. The van der Waals surface area contributed by atoms with E-state index in [2.05, 4.69) is 15.5 Å². The molecule has 1 fully saturated rings. The fourth-order valence-corrected chi connectivity index (χ4v) is 5.59. The summed E-state index contributed by atoms with van der Waals surface area (Å²) in [5.41, 5.74) is 6.58. The Balaban J connectivity index is 1.60. The fraction of sp³-hybridized carbons (Fsp3) is 0.682. The highest BCUT2D eigenvalue weighted by molar-refractivity contribution is 7.17. The van der Waals surface area contributed by atoms with Gasteiger partial charge in [-0.15, -0.1) is 11.3 Å². The van der Waals surface area contributed by atoms with Crippen LogP contribution in [0, 0.1) is 0 Å². The Bertz CT molecular complexity index is 830. The van der Waals surface area contributed by atoms with Gasteiger partial charge in [0.15, 0.2) is 0 Å². The molecule has 0 bridgehead atoms. The first-order chi connectivity index (χ1) is 14.6. The van der Waals surface area contributed by atoms with Crippen molar-refractivity contribution in [2.75, 3.05) is 25.0 Å². The van der Waals surface area contributed by atoms with Crippen molar-refractivity contribution in [3.05, 3.63) is 16.0 Å². The first kappa shape index (κ1) is 23.5. The van der Waals surface area contributed by atoms with Crippen molar-refractivity contribution in [1.82, 2.24) is 10.2 Å². The molecular weight excluding hydrogens is 416 g/mol. The molecule has 31 heavy (non-hydrogen) atoms. The van der Waals surface area contributed by atoms with Gasteiger partial charge in [-0.25, -0.2) is 4.79 Å². The van der Waals surface area contributed by atoms with Crippen molar-refractivity contribution in [2.24, 2.45) is 5.73 Å². The van der Waals surface area contributed by atoms with Crippen molar-refractivity contribution >= 4 is 34.2 Å². The normalized spacial score (nSPS) is 19.4. The van der Waals surface area contributed by atoms with Crippen LogP contribution in [0.3, 0.4) is 0 Å². The number of hydrogen-bond donors (Lipinski definition) is 3. The number of likely N-dealkylation sites (tertiary alicyclic amines) is 1. The van der Waals surface area contributed by atoms with Gasteiger partial charge in [0.25, 0.3) is 5.91 Å². The van der Waals surface area contributed by atoms with E-state index in [-0.39, 0.29) is 18.5 Å². The van der Waals surface area contributed by atoms with E-state index in [0.717, 1.165) is 61.9 Å². The number of alkyl carbamates (subject to hydrolysis) is 1. The van der Waals surface area contributed by atoms with E-state index >= 15 is 0 Å². The Kier molecular flexibility index (Phi) is 7.59. The number of thiophene rings is 1. The molecule has 0 saturated carbocycles. The zero-order chi connectivity index (χ0) is 22.6. The minimum atomic E-state index is -0.547. The van der Waals surface area contributed by atoms with E-state index in [4.69, 9.17) is 10.5 Å². The van der Waals surface area contributed by atoms with Crippen LogP contribution in [-0.4, -0.2) is 54.1 Å². The molecule has 4 N–H and O–H groups in total. The highest BCUT2D eigenvalue weighted by atomic mass is 32.1. The molecule has 1 atom stereocenters. The lowest BCUT2D eigenvalue weighted by Crippen LogP contribution is -2.49. The number of carbonyl (C=O) groups excluding carboxylic acids is 3. The number of hydrogen-bond acceptors (Lipinski definition) is 6. The van der Waals surface area contributed by atoms with Gasteiger partial charge in [-0.3, -0.25) is 14.5 Å². The number of nitrogens with zero attached hydrogens (tertiary/aromatic N) is 1. The summed E-state index contributed by atoms with van der Waals surface area (Å²) in [6, 6.07) is 0.0687. The molecule has 9 heteroatoms. The number of nitrogens with one attached hydrogen (secondary N) is 2. The summed E-state index contributed by atoms with van der Waals surface area (Å²) in [6.45, 7) is 6.91. The van der Waals surface area contributed by atoms with Crippen molar-refractivity contribution in [3.8, 4) is 0 Å². The van der Waals surface area contributed by atoms with E-state index in [1.54, 1.807) is 0 Å². The highest BCUT2D eigenvalue weighted by Crippen LogP contribution is 2.37. The lowest BCUT2D eigenvalue weighted by Gasteiger charge is -2.35. The molecule has 0 spiro atoms. The number of amides is 3. The minimum absolute atomic E-state index is 0.0687. The molecule has 1 aromatic heterocycles. The predicted molar refractivity (Wildman–Crippen MR) is 122 cm³/mol. The van der Waals surface area contributed by atoms with Gasteiger partial charge in [0.2, 0.25) is 5.91 Å². The fourth-order valence-electron chi connectivity index (χ4n) is 4.28. The molecule has 0 radical (unpaired) electrons. The lowest BCUT2D eigenvalue weighted by molar-refractivity contribution is -0.118. The predicted octanol–water partition coefficient (Wildman–Crippen LogP) is 3.04. The van der Waals surface area contributed by atoms with E-state index in [1.807, 2.05) is 20.8 Å². The number of carbonyl (C=O) groups is 3. The van der Waals surface area contributed by atoms with Gasteiger partial charge in [0.1, 0.15) is 10.6 Å². The number of fused-ring (bicyclic) bond motifs is 1. The van der Waals surface area contributed by atoms with Crippen molar-refractivity contribution < 1.29 is 19.1 Å². The molecule has 8 nitrogen and oxygen atoms in total. The van der Waals surface area contributed by atoms with Gasteiger partial charge < -0.3 is 21.1 Å². The van der Waals surface area contributed by atoms with Crippen LogP contribution in [0.5, 0.6) is 0 Å². The second kappa shape index (κ2) is 9.99. The van der Waals surface area contributed by atoms with Crippen LogP contribution in [0.4, 0.5) is 9.80 Å². The van der Waals surface area contributed by atoms with E-state index in [1.165, 1.54) is 11.3 Å². The molecule has 2 heterocycles. The second-order valence-corrected chi connectivity index (χ2v) is 10.4. The van der Waals surface area contributed by atoms with E-state index in [0.29, 0.717) is 17.1 Å². The molecule has 1 aliphatic heterocycles. The maximum atomic E-state index is 12.8. The van der Waals surface area contributed by atoms with E-state index in [9.17, 15) is 14.4 Å². The summed E-state index contributed by atoms with van der Waals surface area (Å²) in [5.74, 6) is -0.641. The third-order valence-electron chi connectivity index (χ3n) is 5.65. The van der Waals surface area contributed by atoms with Crippen molar-refractivity contribution in [3.63, 3.8) is 0 Å². The third kappa shape index (κ3) is 6.43. The van der Waals surface area contributed by atoms with Crippen LogP contribution in [-0.2, 0) is 22.4 Å². The number of primary amides is 1. The zero-order valence-corrected chi connectivity index (χ0v) is 19.5. The summed E-state index contributed by atoms with van der Waals surface area (Å²) in [7, 11) is 0. The van der Waals surface area contributed by atoms with Crippen LogP contribution < -0.4 is 16.4 Å². The average Bonchev–Trinajstić information content (AvgIpc) is 3.03. The van der Waals surface area contributed by atoms with Gasteiger partial charge in [0.05, 0.1) is 12.1 Å². The SMILES string of the molecule is CC(C)(C)OC(=O)NCC1CCCCN1CC(=O)Nc1sc2c(c1C(N)=O)CCCC2. The first-order valence-corrected chi connectivity index (χ1v) is 11.9. The second-order valence-electron chi connectivity index (χ2n) is 9.33. The third-order valence-corrected chi connectivity index (χ3v) is 6.85. The lowest BCUT2D eigenvalue weighted by atomic mass is 9.95. The Morgan fingerprint density at radius 2 is 1.90 bits per heavy atom. The molecule has 3 rings (SSSR count). The Hall–Kier alpha value is -2.13. The van der Waals surface area contributed by atoms with Gasteiger partial charge in [-0.2, -0.15) is 0 Å². The molecule has 2 aliphatic rings. The summed E-state index contributed by atoms with van der Waals surface area (Å²) in [6.07, 6.45) is 6.43. The van der Waals surface area contributed by atoms with Crippen molar-refractivity contribution in [1.29, 1.82) is 0 Å². The van der Waals surface area contributed by atoms with Crippen LogP contribution in [0.1, 0.15) is 73.7 Å². The number of anilines is 1. The Labute approximate surface area is 187 Å². The summed E-state index contributed by atoms with van der Waals surface area (Å²) in [5, 5.41) is 6.34. The topological polar surface area (TPSA) is 114 Å². The maximum absolute atomic E-state index is 12.8. The number of ether oxygens (including phenoxy) is 1. The van der Waals surface area contributed by atoms with Gasteiger partial charge in [-0.05, 0) is 71.4 Å². The van der Waals surface area contributed by atoms with Crippen LogP contribution in [0.15, 0.2) is 0 Å². The summed E-state index contributed by atoms with van der Waals surface area (Å²) in [4.78, 5) is 40.1. The zero-order valence-electron chi connectivity index (χ0n) is 18.7. The summed E-state index contributed by atoms with van der Waals surface area (Å²) < 4.78 is 5.31. The molecule has 1 saturated heterocycles. The number of nitrogens with two attached hydrogens (primary N) is 1. The molecular formula is C22H34N4O4S. The molecule has 3 amide bonds. The van der Waals surface area contributed by atoms with Crippen molar-refractivity contribution in [2.45, 2.75) is 77.4 Å². The average molecular weight is 451 g/mol. The summed E-state index contributed by atoms with van der Waals surface area (Å²) >= 11 is 1.48. The smallest absolute Gasteiger partial charge is 0.407 e. The number of aryl methyl sites for hydroxylation is 1. The van der Waals surface area contributed by atoms with Crippen LogP contribution >= 0.6 is 11.3 Å². The molecule has 172 valence electrons. The quantitative estimate of drug-likeness (QED) is 0.616.